The van der Waals surface area contributed by atoms with Crippen molar-refractivity contribution < 1.29 is 9.72 Å². The molecule has 33 heavy (non-hydrogen) atoms. The molecule has 0 atom stereocenters. The van der Waals surface area contributed by atoms with Crippen molar-refractivity contribution in [3.05, 3.63) is 118 Å². The lowest BCUT2D eigenvalue weighted by Crippen LogP contribution is -2.10. The number of nitro groups is 1. The van der Waals surface area contributed by atoms with Crippen LogP contribution >= 0.6 is 0 Å². The van der Waals surface area contributed by atoms with Gasteiger partial charge < -0.3 is 10.6 Å². The Morgan fingerprint density at radius 2 is 1.82 bits per heavy atom. The number of hydrogen-bond donors (Lipinski definition) is 2. The fraction of sp³-hybridized carbons (Fsp3) is 0.0400. The minimum Gasteiger partial charge on any atom is -0.354 e. The van der Waals surface area contributed by atoms with Crippen molar-refractivity contribution in [3.63, 3.8) is 0 Å². The van der Waals surface area contributed by atoms with Gasteiger partial charge in [-0.1, -0.05) is 42.5 Å². The molecule has 5 rings (SSSR count). The van der Waals surface area contributed by atoms with Crippen LogP contribution in [0.15, 0.2) is 91.3 Å². The Morgan fingerprint density at radius 3 is 2.52 bits per heavy atom. The summed E-state index contributed by atoms with van der Waals surface area (Å²) in [5.74, 6) is -0.313. The van der Waals surface area contributed by atoms with Crippen LogP contribution in [0.5, 0.6) is 0 Å². The SMILES string of the molecule is O=C1Nc2ccc([N+](=O)[O-])cc2/C1=C(/Nc1ccc(Cn2cccn2)cc1)c1ccccc1. The molecule has 0 spiro atoms. The van der Waals surface area contributed by atoms with Gasteiger partial charge in [0.05, 0.1) is 22.7 Å². The summed E-state index contributed by atoms with van der Waals surface area (Å²) in [6, 6.07) is 23.5. The lowest BCUT2D eigenvalue weighted by Gasteiger charge is -2.15. The largest absolute Gasteiger partial charge is 0.354 e. The standard InChI is InChI=1S/C25H19N5O3/c31-25-23(21-15-20(30(32)33)11-12-22(21)28-25)24(18-5-2-1-3-6-18)27-19-9-7-17(8-10-19)16-29-14-4-13-26-29/h1-15,27H,16H2,(H,28,31)/b24-23-. The van der Waals surface area contributed by atoms with Crippen molar-refractivity contribution in [3.8, 4) is 0 Å². The highest BCUT2D eigenvalue weighted by atomic mass is 16.6. The Balaban J connectivity index is 1.56. The zero-order valence-corrected chi connectivity index (χ0v) is 17.4. The fourth-order valence-corrected chi connectivity index (χ4v) is 3.82. The van der Waals surface area contributed by atoms with E-state index in [1.165, 1.54) is 12.1 Å². The van der Waals surface area contributed by atoms with Crippen LogP contribution in [-0.2, 0) is 11.3 Å². The Hall–Kier alpha value is -4.72. The summed E-state index contributed by atoms with van der Waals surface area (Å²) < 4.78 is 1.84. The maximum atomic E-state index is 13.0. The third kappa shape index (κ3) is 4.09. The lowest BCUT2D eigenvalue weighted by atomic mass is 9.99. The van der Waals surface area contributed by atoms with E-state index in [0.717, 1.165) is 16.8 Å². The number of non-ortho nitro benzene ring substituents is 1. The average molecular weight is 437 g/mol. The molecule has 1 aliphatic rings. The van der Waals surface area contributed by atoms with E-state index < -0.39 is 4.92 Å². The summed E-state index contributed by atoms with van der Waals surface area (Å²) in [5.41, 5.74) is 4.57. The Kier molecular flexibility index (Phi) is 5.16. The summed E-state index contributed by atoms with van der Waals surface area (Å²) >= 11 is 0. The average Bonchev–Trinajstić information content (AvgIpc) is 3.45. The van der Waals surface area contributed by atoms with Gasteiger partial charge >= 0.3 is 0 Å². The number of amides is 1. The van der Waals surface area contributed by atoms with Crippen LogP contribution in [0.25, 0.3) is 11.3 Å². The maximum Gasteiger partial charge on any atom is 0.270 e. The fourth-order valence-electron chi connectivity index (χ4n) is 3.82. The molecule has 2 heterocycles. The number of anilines is 2. The number of fused-ring (bicyclic) bond motifs is 1. The molecular formula is C25H19N5O3. The smallest absolute Gasteiger partial charge is 0.270 e. The molecule has 0 bridgehead atoms. The van der Waals surface area contributed by atoms with Crippen LogP contribution in [0.1, 0.15) is 16.7 Å². The first-order chi connectivity index (χ1) is 16.1. The van der Waals surface area contributed by atoms with Gasteiger partial charge in [-0.2, -0.15) is 5.10 Å². The molecule has 8 heteroatoms. The highest BCUT2D eigenvalue weighted by Crippen LogP contribution is 2.39. The van der Waals surface area contributed by atoms with E-state index in [-0.39, 0.29) is 11.6 Å². The van der Waals surface area contributed by atoms with E-state index in [9.17, 15) is 14.9 Å². The van der Waals surface area contributed by atoms with Crippen LogP contribution in [0.3, 0.4) is 0 Å². The molecule has 0 aliphatic carbocycles. The molecule has 0 fully saturated rings. The highest BCUT2D eigenvalue weighted by molar-refractivity contribution is 6.37. The third-order valence-electron chi connectivity index (χ3n) is 5.40. The molecule has 162 valence electrons. The van der Waals surface area contributed by atoms with Gasteiger partial charge in [-0.05, 0) is 35.4 Å². The van der Waals surface area contributed by atoms with Crippen molar-refractivity contribution >= 4 is 34.2 Å². The zero-order chi connectivity index (χ0) is 22.8. The second-order valence-corrected chi connectivity index (χ2v) is 7.58. The van der Waals surface area contributed by atoms with E-state index in [0.29, 0.717) is 29.1 Å². The van der Waals surface area contributed by atoms with Crippen LogP contribution in [-0.4, -0.2) is 20.6 Å². The molecule has 4 aromatic rings. The molecule has 0 saturated heterocycles. The second kappa shape index (κ2) is 8.43. The first kappa shape index (κ1) is 20.2. The summed E-state index contributed by atoms with van der Waals surface area (Å²) in [6.07, 6.45) is 3.64. The number of rotatable bonds is 6. The first-order valence-corrected chi connectivity index (χ1v) is 10.3. The van der Waals surface area contributed by atoms with Gasteiger partial charge in [0.25, 0.3) is 11.6 Å². The summed E-state index contributed by atoms with van der Waals surface area (Å²) in [6.45, 7) is 0.652. The Morgan fingerprint density at radius 1 is 1.03 bits per heavy atom. The van der Waals surface area contributed by atoms with E-state index in [4.69, 9.17) is 0 Å². The van der Waals surface area contributed by atoms with Gasteiger partial charge in [0.2, 0.25) is 0 Å². The van der Waals surface area contributed by atoms with E-state index in [1.807, 2.05) is 71.5 Å². The number of nitro benzene ring substituents is 1. The van der Waals surface area contributed by atoms with Crippen molar-refractivity contribution in [2.24, 2.45) is 0 Å². The maximum absolute atomic E-state index is 13.0. The quantitative estimate of drug-likeness (QED) is 0.257. The molecule has 0 unspecified atom stereocenters. The number of nitrogens with one attached hydrogen (secondary N) is 2. The van der Waals surface area contributed by atoms with Crippen LogP contribution < -0.4 is 10.6 Å². The summed E-state index contributed by atoms with van der Waals surface area (Å²) in [7, 11) is 0. The number of nitrogens with zero attached hydrogens (tertiary/aromatic N) is 3. The second-order valence-electron chi connectivity index (χ2n) is 7.58. The van der Waals surface area contributed by atoms with Crippen molar-refractivity contribution in [1.82, 2.24) is 9.78 Å². The number of aromatic nitrogens is 2. The Labute approximate surface area is 189 Å². The highest BCUT2D eigenvalue weighted by Gasteiger charge is 2.30. The summed E-state index contributed by atoms with van der Waals surface area (Å²) in [4.78, 5) is 23.8. The molecule has 8 nitrogen and oxygen atoms in total. The number of carbonyl (C=O) groups excluding carboxylic acids is 1. The minimum absolute atomic E-state index is 0.0712. The van der Waals surface area contributed by atoms with E-state index >= 15 is 0 Å². The molecule has 0 saturated carbocycles. The number of carbonyl (C=O) groups is 1. The lowest BCUT2D eigenvalue weighted by molar-refractivity contribution is -0.384. The van der Waals surface area contributed by atoms with Gasteiger partial charge in [-0.15, -0.1) is 0 Å². The molecule has 1 aliphatic heterocycles. The van der Waals surface area contributed by atoms with E-state index in [1.54, 1.807) is 12.3 Å². The van der Waals surface area contributed by atoms with Crippen molar-refractivity contribution in [2.75, 3.05) is 10.6 Å². The van der Waals surface area contributed by atoms with Crippen LogP contribution in [0, 0.1) is 10.1 Å². The topological polar surface area (TPSA) is 102 Å². The van der Waals surface area contributed by atoms with Crippen molar-refractivity contribution in [2.45, 2.75) is 6.54 Å². The molecule has 1 aromatic heterocycles. The molecule has 3 aromatic carbocycles. The first-order valence-electron chi connectivity index (χ1n) is 10.3. The number of hydrogen-bond acceptors (Lipinski definition) is 5. The van der Waals surface area contributed by atoms with Gasteiger partial charge in [0.1, 0.15) is 0 Å². The van der Waals surface area contributed by atoms with Gasteiger partial charge in [0, 0.05) is 41.5 Å². The molecule has 0 radical (unpaired) electrons. The zero-order valence-electron chi connectivity index (χ0n) is 17.4. The monoisotopic (exact) mass is 437 g/mol. The van der Waals surface area contributed by atoms with Crippen LogP contribution in [0.4, 0.5) is 17.1 Å². The Bertz CT molecular complexity index is 1360. The van der Waals surface area contributed by atoms with Crippen LogP contribution in [0.2, 0.25) is 0 Å². The minimum atomic E-state index is -0.464. The number of benzene rings is 3. The molecule has 2 N–H and O–H groups in total. The molecule has 1 amide bonds. The van der Waals surface area contributed by atoms with Crippen molar-refractivity contribution in [1.29, 1.82) is 0 Å². The van der Waals surface area contributed by atoms with Gasteiger partial charge in [-0.3, -0.25) is 19.6 Å². The molecular weight excluding hydrogens is 418 g/mol. The third-order valence-corrected chi connectivity index (χ3v) is 5.40. The van der Waals surface area contributed by atoms with Gasteiger partial charge in [-0.25, -0.2) is 0 Å². The van der Waals surface area contributed by atoms with Gasteiger partial charge in [0.15, 0.2) is 0 Å². The van der Waals surface area contributed by atoms with E-state index in [2.05, 4.69) is 15.7 Å². The normalized spacial score (nSPS) is 13.9. The summed E-state index contributed by atoms with van der Waals surface area (Å²) in [5, 5.41) is 21.7. The predicted octanol–water partition coefficient (Wildman–Crippen LogP) is 4.77. The predicted molar refractivity (Wildman–Crippen MR) is 126 cm³/mol.